The van der Waals surface area contributed by atoms with Crippen molar-refractivity contribution < 1.29 is 0 Å². The van der Waals surface area contributed by atoms with Gasteiger partial charge in [0.05, 0.1) is 3.57 Å². The highest BCUT2D eigenvalue weighted by molar-refractivity contribution is 14.1. The van der Waals surface area contributed by atoms with E-state index in [0.29, 0.717) is 5.95 Å². The predicted octanol–water partition coefficient (Wildman–Crippen LogP) is 0.311. The quantitative estimate of drug-likeness (QED) is 0.693. The molecule has 2 rings (SSSR count). The van der Waals surface area contributed by atoms with Crippen molar-refractivity contribution in [1.29, 1.82) is 0 Å². The average Bonchev–Trinajstić information content (AvgIpc) is 2.45. The van der Waals surface area contributed by atoms with Gasteiger partial charge in [0.1, 0.15) is 6.33 Å². The molecule has 0 atom stereocenters. The van der Waals surface area contributed by atoms with Gasteiger partial charge in [-0.05, 0) is 22.6 Å². The minimum atomic E-state index is 0.359. The Labute approximate surface area is 75.8 Å². The van der Waals surface area contributed by atoms with E-state index in [1.807, 2.05) is 0 Å². The van der Waals surface area contributed by atoms with Crippen molar-refractivity contribution in [3.05, 3.63) is 16.1 Å². The van der Waals surface area contributed by atoms with E-state index >= 15 is 0 Å². The number of nitrogen functional groups attached to an aromatic ring is 1. The number of nitrogens with two attached hydrogens (primary N) is 1. The van der Waals surface area contributed by atoms with E-state index < -0.39 is 0 Å². The van der Waals surface area contributed by atoms with Crippen LogP contribution in [-0.2, 0) is 0 Å². The first-order valence-corrected chi connectivity index (χ1v) is 3.96. The Bertz CT molecular complexity index is 359. The van der Waals surface area contributed by atoms with Crippen LogP contribution in [0, 0.1) is 3.57 Å². The van der Waals surface area contributed by atoms with E-state index in [4.69, 9.17) is 5.73 Å². The number of fused-ring (bicyclic) bond motifs is 1. The normalized spacial score (nSPS) is 10.6. The molecule has 0 saturated carbocycles. The largest absolute Gasteiger partial charge is 0.368 e. The number of halogens is 1. The molecule has 6 heteroatoms. The molecular weight excluding hydrogens is 257 g/mol. The molecular formula is C5H4IN5. The summed E-state index contributed by atoms with van der Waals surface area (Å²) in [5, 5.41) is 3.89. The summed E-state index contributed by atoms with van der Waals surface area (Å²) < 4.78 is 2.44. The first-order valence-electron chi connectivity index (χ1n) is 2.89. The monoisotopic (exact) mass is 261 g/mol. The number of hydrogen-bond acceptors (Lipinski definition) is 4. The van der Waals surface area contributed by atoms with Gasteiger partial charge >= 0.3 is 0 Å². The standard InChI is InChI=1S/C5H4IN5/c6-3-1-8-5(7)11-4(3)9-2-10-11/h1-2H,(H2,7,8). The molecule has 0 bridgehead atoms. The fraction of sp³-hybridized carbons (Fsp3) is 0. The van der Waals surface area contributed by atoms with Gasteiger partial charge in [0.2, 0.25) is 5.95 Å². The maximum atomic E-state index is 5.52. The van der Waals surface area contributed by atoms with Crippen molar-refractivity contribution in [2.24, 2.45) is 0 Å². The number of aromatic nitrogens is 4. The van der Waals surface area contributed by atoms with Gasteiger partial charge in [-0.15, -0.1) is 0 Å². The van der Waals surface area contributed by atoms with Gasteiger partial charge in [0.15, 0.2) is 5.65 Å². The number of nitrogens with zero attached hydrogens (tertiary/aromatic N) is 4. The van der Waals surface area contributed by atoms with Gasteiger partial charge in [-0.25, -0.2) is 9.97 Å². The molecule has 2 aromatic rings. The fourth-order valence-corrected chi connectivity index (χ4v) is 1.31. The Morgan fingerprint density at radius 1 is 1.45 bits per heavy atom. The molecule has 0 amide bonds. The molecule has 5 nitrogen and oxygen atoms in total. The molecule has 0 spiro atoms. The van der Waals surface area contributed by atoms with Crippen LogP contribution < -0.4 is 5.73 Å². The highest BCUT2D eigenvalue weighted by atomic mass is 127. The highest BCUT2D eigenvalue weighted by Gasteiger charge is 2.02. The summed E-state index contributed by atoms with van der Waals surface area (Å²) in [6.45, 7) is 0. The molecule has 2 aromatic heterocycles. The van der Waals surface area contributed by atoms with Crippen LogP contribution in [0.25, 0.3) is 5.65 Å². The van der Waals surface area contributed by atoms with E-state index in [-0.39, 0.29) is 0 Å². The van der Waals surface area contributed by atoms with Crippen LogP contribution in [0.3, 0.4) is 0 Å². The van der Waals surface area contributed by atoms with Crippen LogP contribution in [0.4, 0.5) is 5.95 Å². The van der Waals surface area contributed by atoms with Crippen LogP contribution >= 0.6 is 22.6 Å². The summed E-state index contributed by atoms with van der Waals surface area (Å²) in [6, 6.07) is 0. The zero-order valence-electron chi connectivity index (χ0n) is 5.40. The average molecular weight is 261 g/mol. The van der Waals surface area contributed by atoms with Crippen molar-refractivity contribution in [2.75, 3.05) is 5.73 Å². The second kappa shape index (κ2) is 2.29. The lowest BCUT2D eigenvalue weighted by Crippen LogP contribution is -2.02. The van der Waals surface area contributed by atoms with Crippen LogP contribution in [0.15, 0.2) is 12.5 Å². The van der Waals surface area contributed by atoms with Gasteiger partial charge in [-0.3, -0.25) is 0 Å². The summed E-state index contributed by atoms with van der Waals surface area (Å²) in [5.41, 5.74) is 6.26. The van der Waals surface area contributed by atoms with E-state index in [0.717, 1.165) is 9.22 Å². The number of hydrogen-bond donors (Lipinski definition) is 1. The summed E-state index contributed by atoms with van der Waals surface area (Å²) in [5.74, 6) is 0.359. The Morgan fingerprint density at radius 2 is 2.27 bits per heavy atom. The minimum absolute atomic E-state index is 0.359. The molecule has 0 aliphatic carbocycles. The van der Waals surface area contributed by atoms with Crippen LogP contribution in [0.5, 0.6) is 0 Å². The van der Waals surface area contributed by atoms with Crippen molar-refractivity contribution >= 4 is 34.2 Å². The molecule has 0 radical (unpaired) electrons. The molecule has 0 aliphatic heterocycles. The lowest BCUT2D eigenvalue weighted by Gasteiger charge is -1.96. The van der Waals surface area contributed by atoms with E-state index in [2.05, 4.69) is 37.7 Å². The molecule has 0 aromatic carbocycles. The lowest BCUT2D eigenvalue weighted by molar-refractivity contribution is 0.935. The van der Waals surface area contributed by atoms with Crippen molar-refractivity contribution in [3.8, 4) is 0 Å². The molecule has 2 N–H and O–H groups in total. The minimum Gasteiger partial charge on any atom is -0.368 e. The van der Waals surface area contributed by atoms with Gasteiger partial charge in [-0.2, -0.15) is 9.61 Å². The molecule has 56 valence electrons. The summed E-state index contributed by atoms with van der Waals surface area (Å²) in [6.07, 6.45) is 3.12. The van der Waals surface area contributed by atoms with Gasteiger partial charge in [0, 0.05) is 6.20 Å². The zero-order valence-corrected chi connectivity index (χ0v) is 7.56. The smallest absolute Gasteiger partial charge is 0.223 e. The van der Waals surface area contributed by atoms with Gasteiger partial charge in [-0.1, -0.05) is 0 Å². The van der Waals surface area contributed by atoms with Crippen LogP contribution in [-0.4, -0.2) is 19.6 Å². The molecule has 0 aliphatic rings. The summed E-state index contributed by atoms with van der Waals surface area (Å²) in [4.78, 5) is 7.91. The molecule has 0 fully saturated rings. The predicted molar refractivity (Wildman–Crippen MR) is 47.9 cm³/mol. The molecule has 0 unspecified atom stereocenters. The van der Waals surface area contributed by atoms with Crippen molar-refractivity contribution in [3.63, 3.8) is 0 Å². The summed E-state index contributed by atoms with van der Waals surface area (Å²) in [7, 11) is 0. The lowest BCUT2D eigenvalue weighted by atomic mass is 10.6. The molecule has 2 heterocycles. The maximum absolute atomic E-state index is 5.52. The fourth-order valence-electron chi connectivity index (χ4n) is 0.807. The Hall–Kier alpha value is -0.920. The highest BCUT2D eigenvalue weighted by Crippen LogP contribution is 2.10. The Balaban J connectivity index is 2.96. The maximum Gasteiger partial charge on any atom is 0.223 e. The second-order valence-electron chi connectivity index (χ2n) is 1.96. The topological polar surface area (TPSA) is 69.1 Å². The summed E-state index contributed by atoms with van der Waals surface area (Å²) >= 11 is 2.13. The van der Waals surface area contributed by atoms with Gasteiger partial charge < -0.3 is 5.73 Å². The third-order valence-corrected chi connectivity index (χ3v) is 2.05. The second-order valence-corrected chi connectivity index (χ2v) is 3.12. The first kappa shape index (κ1) is 6.77. The Morgan fingerprint density at radius 3 is 3.00 bits per heavy atom. The van der Waals surface area contributed by atoms with E-state index in [9.17, 15) is 0 Å². The number of rotatable bonds is 0. The molecule has 11 heavy (non-hydrogen) atoms. The third kappa shape index (κ3) is 0.934. The van der Waals surface area contributed by atoms with Crippen LogP contribution in [0.1, 0.15) is 0 Å². The van der Waals surface area contributed by atoms with E-state index in [1.54, 1.807) is 6.20 Å². The van der Waals surface area contributed by atoms with Crippen molar-refractivity contribution in [2.45, 2.75) is 0 Å². The van der Waals surface area contributed by atoms with Crippen LogP contribution in [0.2, 0.25) is 0 Å². The Kier molecular flexibility index (Phi) is 1.41. The number of anilines is 1. The third-order valence-electron chi connectivity index (χ3n) is 1.29. The van der Waals surface area contributed by atoms with E-state index in [1.165, 1.54) is 10.8 Å². The zero-order chi connectivity index (χ0) is 7.84. The SMILES string of the molecule is Nc1ncc(I)c2ncnn12. The van der Waals surface area contributed by atoms with Crippen molar-refractivity contribution in [1.82, 2.24) is 19.6 Å². The first-order chi connectivity index (χ1) is 5.29. The molecule has 0 saturated heterocycles. The van der Waals surface area contributed by atoms with Gasteiger partial charge in [0.25, 0.3) is 0 Å².